The van der Waals surface area contributed by atoms with Crippen LogP contribution in [0.1, 0.15) is 73.2 Å². The molecule has 20 rings (SSSR count). The van der Waals surface area contributed by atoms with Crippen molar-refractivity contribution in [1.82, 2.24) is 0 Å². The molecule has 18 aromatic carbocycles. The minimum Gasteiger partial charge on any atom is -0.311 e. The van der Waals surface area contributed by atoms with Crippen molar-refractivity contribution in [3.63, 3.8) is 0 Å². The summed E-state index contributed by atoms with van der Waals surface area (Å²) in [5, 5.41) is 7.54. The van der Waals surface area contributed by atoms with E-state index in [1.54, 1.807) is 0 Å². The molecule has 0 saturated heterocycles. The summed E-state index contributed by atoms with van der Waals surface area (Å²) >= 11 is 0. The van der Waals surface area contributed by atoms with Crippen molar-refractivity contribution in [3.8, 4) is 77.9 Å². The van der Waals surface area contributed by atoms with E-state index >= 15 is 0 Å². The maximum Gasteiger partial charge on any atom is 0.252 e. The maximum atomic E-state index is 9.62. The fourth-order valence-electron chi connectivity index (χ4n) is 18.8. The van der Waals surface area contributed by atoms with Crippen LogP contribution in [0.2, 0.25) is 0 Å². The predicted molar refractivity (Wildman–Crippen MR) is 523 cm³/mol. The Morgan fingerprint density at radius 3 is 0.983 bits per heavy atom. The Morgan fingerprint density at radius 1 is 0.223 bits per heavy atom. The van der Waals surface area contributed by atoms with Gasteiger partial charge in [-0.2, -0.15) is 0 Å². The van der Waals surface area contributed by atoms with Gasteiger partial charge in [-0.05, 0) is 177 Å². The topological polar surface area (TPSA) is 6.48 Å². The van der Waals surface area contributed by atoms with Crippen molar-refractivity contribution in [3.05, 3.63) is 466 Å². The Hall–Kier alpha value is -13.9. The van der Waals surface area contributed by atoms with Gasteiger partial charge in [0.05, 0.1) is 31.9 Å². The van der Waals surface area contributed by atoms with Crippen LogP contribution in [0.15, 0.2) is 455 Å². The molecule has 0 fully saturated rings. The molecule has 2 heterocycles. The number of para-hydroxylation sites is 1. The van der Waals surface area contributed by atoms with Crippen LogP contribution in [-0.4, -0.2) is 22.9 Å². The van der Waals surface area contributed by atoms with E-state index in [1.807, 2.05) is 91.0 Å². The van der Waals surface area contributed by atoms with Crippen LogP contribution < -0.4 is 67.7 Å². The molecule has 0 aliphatic carbocycles. The first-order valence-electron chi connectivity index (χ1n) is 48.8. The van der Waals surface area contributed by atoms with Gasteiger partial charge in [0.2, 0.25) is 0 Å². The Morgan fingerprint density at radius 2 is 0.554 bits per heavy atom. The standard InChI is InChI=1S/C116H93BN2Si2/c1-115(2,3)93-68-71-109-107(78-93)117-106-77-91(67-70-110(106)119(114-103(85-46-23-10-24-47-85)64-39-65-104(114)86-48-25-11-26-49-86)112-80-94(116(4,5)6)79-111(113(112)117)118(109)108-69-66-90(84-44-21-9-22-45-84)76-105(108)87-50-27-12-28-51-87)92-74-101(120(95-54-29-13-30-55-95,96-56-31-14-32-57-96)99-62-37-52-88(72-99)82-40-17-7-18-41-82)81-102(75-92)121(97-58-33-15-34-59-97,98-60-35-16-36-61-98)100-63-38-53-89(73-100)83-42-19-8-20-43-83/h7-81H,1-6H3/i7D,8D,9D,17D,18D,19D,20D,21D,22D,40D,41D,42D,43D,44D,45D. The molecule has 0 radical (unpaired) electrons. The van der Waals surface area contributed by atoms with Gasteiger partial charge in [0.15, 0.2) is 16.1 Å². The van der Waals surface area contributed by atoms with E-state index < -0.39 is 88.1 Å². The normalized spacial score (nSPS) is 14.2. The van der Waals surface area contributed by atoms with Crippen molar-refractivity contribution in [2.45, 2.75) is 52.4 Å². The lowest BCUT2D eigenvalue weighted by molar-refractivity contribution is 0.590. The van der Waals surface area contributed by atoms with Gasteiger partial charge in [0.25, 0.3) is 6.71 Å². The zero-order chi connectivity index (χ0) is 94.9. The van der Waals surface area contributed by atoms with E-state index in [-0.39, 0.29) is 52.9 Å². The van der Waals surface area contributed by atoms with Gasteiger partial charge in [-0.3, -0.25) is 0 Å². The van der Waals surface area contributed by atoms with Crippen LogP contribution >= 0.6 is 0 Å². The van der Waals surface area contributed by atoms with Crippen LogP contribution in [-0.2, 0) is 10.8 Å². The minimum absolute atomic E-state index is 0.0679. The maximum absolute atomic E-state index is 9.62. The summed E-state index contributed by atoms with van der Waals surface area (Å²) in [7, 11) is -8.06. The van der Waals surface area contributed by atoms with Gasteiger partial charge in [-0.1, -0.05) is 460 Å². The molecule has 18 aromatic rings. The van der Waals surface area contributed by atoms with Crippen LogP contribution in [0, 0.1) is 0 Å². The third-order valence-electron chi connectivity index (χ3n) is 24.5. The molecule has 0 saturated carbocycles. The molecular formula is C116H93BN2Si2. The highest BCUT2D eigenvalue weighted by atomic mass is 28.3. The number of fused-ring (bicyclic) bond motifs is 4. The zero-order valence-corrected chi connectivity index (χ0v) is 70.1. The fourth-order valence-corrected chi connectivity index (χ4v) is 28.6. The molecule has 0 N–H and O–H groups in total. The average Bonchev–Trinajstić information content (AvgIpc) is 0.683. The highest BCUT2D eigenvalue weighted by Crippen LogP contribution is 2.53. The molecule has 0 atom stereocenters. The third-order valence-corrected chi connectivity index (χ3v) is 33.9. The van der Waals surface area contributed by atoms with Crippen LogP contribution in [0.4, 0.5) is 34.1 Å². The summed E-state index contributed by atoms with van der Waals surface area (Å²) < 4.78 is 138. The molecular weight excluding hydrogens is 1490 g/mol. The molecule has 2 nitrogen and oxygen atoms in total. The van der Waals surface area contributed by atoms with Gasteiger partial charge in [-0.25, -0.2) is 0 Å². The predicted octanol–water partition coefficient (Wildman–Crippen LogP) is 22.8. The summed E-state index contributed by atoms with van der Waals surface area (Å²) in [5.74, 6) is 0. The molecule has 578 valence electrons. The van der Waals surface area contributed by atoms with Crippen molar-refractivity contribution in [2.75, 3.05) is 9.80 Å². The first kappa shape index (κ1) is 60.5. The van der Waals surface area contributed by atoms with Gasteiger partial charge in [-0.15, -0.1) is 0 Å². The first-order chi connectivity index (χ1) is 65.5. The summed E-state index contributed by atoms with van der Waals surface area (Å²) in [6.45, 7) is 13.0. The average molecular weight is 1600 g/mol. The Bertz CT molecular complexity index is 7380. The summed E-state index contributed by atoms with van der Waals surface area (Å²) in [6, 6.07) is 122. The van der Waals surface area contributed by atoms with E-state index in [0.29, 0.717) is 16.7 Å². The second kappa shape index (κ2) is 31.4. The fraction of sp³-hybridized carbons (Fsp3) is 0.0690. The quantitative estimate of drug-likeness (QED) is 0.0662. The molecule has 0 bridgehead atoms. The SMILES string of the molecule is [2H]c1c([2H])c([2H])c(-c2cccc([Si](c3ccccc3)(c3ccccc3)c3cc(-c4ccc5c(c4)B4c6cc(C(C)(C)C)ccc6N(c6ccc(-c7c([2H])c([2H])c([2H])c([2H])c7[2H])cc6-c6ccccc6)c6cc(C(C)(C)C)cc(c64)N5c4c(-c5ccccc5)cccc4-c4ccccc4)cc([Si](c4ccccc4)(c4ccccc4)c4cccc(-c5c([2H])c([2H])c([2H])c([2H])c5[2H])c4)c3)c2)c([2H])c1[2H]. The second-order valence-electron chi connectivity index (χ2n) is 33.5. The highest BCUT2D eigenvalue weighted by molar-refractivity contribution is 7.22. The second-order valence-corrected chi connectivity index (χ2v) is 41.2. The van der Waals surface area contributed by atoms with Gasteiger partial charge >= 0.3 is 0 Å². The van der Waals surface area contributed by atoms with Crippen molar-refractivity contribution < 1.29 is 20.6 Å². The molecule has 121 heavy (non-hydrogen) atoms. The molecule has 0 spiro atoms. The smallest absolute Gasteiger partial charge is 0.252 e. The Labute approximate surface area is 736 Å². The lowest BCUT2D eigenvalue weighted by Crippen LogP contribution is -2.78. The first-order valence-corrected chi connectivity index (χ1v) is 45.3. The van der Waals surface area contributed by atoms with Crippen molar-refractivity contribution >= 4 is 115 Å². The van der Waals surface area contributed by atoms with E-state index in [9.17, 15) is 8.22 Å². The molecule has 5 heteroatoms. The van der Waals surface area contributed by atoms with Gasteiger partial charge < -0.3 is 9.80 Å². The minimum atomic E-state index is -4.03. The van der Waals surface area contributed by atoms with Gasteiger partial charge in [0.1, 0.15) is 0 Å². The Balaban J connectivity index is 0.961. The lowest BCUT2D eigenvalue weighted by Gasteiger charge is -2.46. The molecule has 0 aromatic heterocycles. The monoisotopic (exact) mass is 1600 g/mol. The van der Waals surface area contributed by atoms with E-state index in [0.717, 1.165) is 148 Å². The summed E-state index contributed by atoms with van der Waals surface area (Å²) in [6.07, 6.45) is 0. The number of nitrogens with zero attached hydrogens (tertiary/aromatic N) is 2. The Kier molecular flexibility index (Phi) is 15.7. The third kappa shape index (κ3) is 13.6. The van der Waals surface area contributed by atoms with Crippen LogP contribution in [0.25, 0.3) is 77.9 Å². The lowest BCUT2D eigenvalue weighted by atomic mass is 9.33. The molecule has 2 aliphatic heterocycles. The van der Waals surface area contributed by atoms with Crippen LogP contribution in [0.3, 0.4) is 0 Å². The highest BCUT2D eigenvalue weighted by Gasteiger charge is 2.49. The summed E-state index contributed by atoms with van der Waals surface area (Å²) in [5.41, 5.74) is 18.5. The van der Waals surface area contributed by atoms with Gasteiger partial charge in [0, 0.05) is 39.4 Å². The van der Waals surface area contributed by atoms with Crippen molar-refractivity contribution in [2.24, 2.45) is 0 Å². The van der Waals surface area contributed by atoms with E-state index in [4.69, 9.17) is 12.3 Å². The number of hydrogen-bond donors (Lipinski definition) is 0. The number of hydrogen-bond acceptors (Lipinski definition) is 2. The largest absolute Gasteiger partial charge is 0.311 e. The molecule has 0 unspecified atom stereocenters. The summed E-state index contributed by atoms with van der Waals surface area (Å²) in [4.78, 5) is 4.95. The zero-order valence-electron chi connectivity index (χ0n) is 83.1. The van der Waals surface area contributed by atoms with Crippen LogP contribution in [0.5, 0.6) is 0 Å². The van der Waals surface area contributed by atoms with Crippen molar-refractivity contribution in [1.29, 1.82) is 0 Å². The number of rotatable bonds is 17. The number of benzene rings is 18. The molecule has 2 aliphatic rings. The molecule has 0 amide bonds. The van der Waals surface area contributed by atoms with E-state index in [1.165, 1.54) is 0 Å². The number of anilines is 6. The van der Waals surface area contributed by atoms with E-state index in [2.05, 4.69) is 324 Å².